The Morgan fingerprint density at radius 3 is 2.63 bits per heavy atom. The van der Waals surface area contributed by atoms with Gasteiger partial charge in [-0.2, -0.15) is 5.10 Å². The first-order chi connectivity index (χ1) is 9.28. The molecular formula is C15H22N4. The van der Waals surface area contributed by atoms with Crippen LogP contribution < -0.4 is 5.73 Å². The van der Waals surface area contributed by atoms with Crippen LogP contribution in [0.1, 0.15) is 18.9 Å². The maximum atomic E-state index is 5.71. The van der Waals surface area contributed by atoms with Crippen molar-refractivity contribution < 1.29 is 0 Å². The second-order valence-corrected chi connectivity index (χ2v) is 4.79. The Kier molecular flexibility index (Phi) is 4.98. The molecule has 1 aromatic carbocycles. The van der Waals surface area contributed by atoms with Crippen LogP contribution in [0.5, 0.6) is 0 Å². The summed E-state index contributed by atoms with van der Waals surface area (Å²) in [6.45, 7) is 6.23. The van der Waals surface area contributed by atoms with E-state index < -0.39 is 0 Å². The molecule has 2 aromatic rings. The molecule has 0 atom stereocenters. The molecule has 4 nitrogen and oxygen atoms in total. The lowest BCUT2D eigenvalue weighted by atomic mass is 10.2. The molecule has 19 heavy (non-hydrogen) atoms. The summed E-state index contributed by atoms with van der Waals surface area (Å²) >= 11 is 0. The zero-order chi connectivity index (χ0) is 13.5. The van der Waals surface area contributed by atoms with Crippen molar-refractivity contribution in [3.63, 3.8) is 0 Å². The van der Waals surface area contributed by atoms with Gasteiger partial charge in [-0.1, -0.05) is 19.1 Å². The van der Waals surface area contributed by atoms with Gasteiger partial charge in [-0.15, -0.1) is 0 Å². The molecule has 0 aliphatic heterocycles. The van der Waals surface area contributed by atoms with Crippen molar-refractivity contribution in [3.8, 4) is 0 Å². The average Bonchev–Trinajstić information content (AvgIpc) is 2.92. The number of nitrogens with two attached hydrogens (primary N) is 1. The predicted octanol–water partition coefficient (Wildman–Crippen LogP) is 2.38. The Morgan fingerprint density at radius 1 is 1.21 bits per heavy atom. The van der Waals surface area contributed by atoms with Crippen LogP contribution in [0.2, 0.25) is 0 Å². The van der Waals surface area contributed by atoms with Crippen LogP contribution in [0.25, 0.3) is 0 Å². The largest absolute Gasteiger partial charge is 0.399 e. The summed E-state index contributed by atoms with van der Waals surface area (Å²) in [5.41, 5.74) is 7.84. The van der Waals surface area contributed by atoms with E-state index in [0.717, 1.165) is 38.3 Å². The highest BCUT2D eigenvalue weighted by Crippen LogP contribution is 2.09. The number of hydrogen-bond acceptors (Lipinski definition) is 3. The van der Waals surface area contributed by atoms with Crippen LogP contribution in [0, 0.1) is 0 Å². The highest BCUT2D eigenvalue weighted by molar-refractivity contribution is 5.39. The van der Waals surface area contributed by atoms with E-state index in [2.05, 4.69) is 29.1 Å². The molecule has 4 heteroatoms. The van der Waals surface area contributed by atoms with Crippen molar-refractivity contribution in [2.24, 2.45) is 0 Å². The van der Waals surface area contributed by atoms with Crippen molar-refractivity contribution in [1.29, 1.82) is 0 Å². The van der Waals surface area contributed by atoms with E-state index in [1.165, 1.54) is 5.56 Å². The fourth-order valence-electron chi connectivity index (χ4n) is 2.14. The quantitative estimate of drug-likeness (QED) is 0.776. The first kappa shape index (κ1) is 13.6. The van der Waals surface area contributed by atoms with Gasteiger partial charge in [-0.3, -0.25) is 9.58 Å². The predicted molar refractivity (Wildman–Crippen MR) is 78.6 cm³/mol. The summed E-state index contributed by atoms with van der Waals surface area (Å²) in [7, 11) is 0. The van der Waals surface area contributed by atoms with Crippen LogP contribution in [-0.4, -0.2) is 27.8 Å². The van der Waals surface area contributed by atoms with Gasteiger partial charge >= 0.3 is 0 Å². The molecule has 0 saturated heterocycles. The average molecular weight is 258 g/mol. The standard InChI is InChI=1S/C15H22N4/c1-2-9-18(11-12-19-10-3-8-17-19)13-14-4-6-15(16)7-5-14/h3-8,10H,2,9,11-13,16H2,1H3. The SMILES string of the molecule is CCCN(CCn1cccn1)Cc1ccc(N)cc1. The second-order valence-electron chi connectivity index (χ2n) is 4.79. The van der Waals surface area contributed by atoms with E-state index in [4.69, 9.17) is 5.73 Å². The Hall–Kier alpha value is -1.81. The van der Waals surface area contributed by atoms with Crippen molar-refractivity contribution >= 4 is 5.69 Å². The third kappa shape index (κ3) is 4.41. The third-order valence-corrected chi connectivity index (χ3v) is 3.13. The van der Waals surface area contributed by atoms with E-state index in [0.29, 0.717) is 0 Å². The molecule has 0 bridgehead atoms. The molecule has 2 N–H and O–H groups in total. The van der Waals surface area contributed by atoms with Gasteiger partial charge in [0.15, 0.2) is 0 Å². The highest BCUT2D eigenvalue weighted by Gasteiger charge is 2.05. The molecular weight excluding hydrogens is 236 g/mol. The number of nitrogens with zero attached hydrogens (tertiary/aromatic N) is 3. The molecule has 0 aliphatic rings. The lowest BCUT2D eigenvalue weighted by molar-refractivity contribution is 0.251. The van der Waals surface area contributed by atoms with Gasteiger partial charge in [0.05, 0.1) is 6.54 Å². The Balaban J connectivity index is 1.89. The number of hydrogen-bond donors (Lipinski definition) is 1. The van der Waals surface area contributed by atoms with E-state index >= 15 is 0 Å². The molecule has 1 heterocycles. The maximum Gasteiger partial charge on any atom is 0.0536 e. The minimum Gasteiger partial charge on any atom is -0.399 e. The smallest absolute Gasteiger partial charge is 0.0536 e. The lowest BCUT2D eigenvalue weighted by Gasteiger charge is -2.21. The van der Waals surface area contributed by atoms with Gasteiger partial charge in [0.1, 0.15) is 0 Å². The maximum absolute atomic E-state index is 5.71. The molecule has 0 saturated carbocycles. The molecule has 2 rings (SSSR count). The van der Waals surface area contributed by atoms with Crippen LogP contribution >= 0.6 is 0 Å². The minimum absolute atomic E-state index is 0.822. The summed E-state index contributed by atoms with van der Waals surface area (Å²) < 4.78 is 1.98. The van der Waals surface area contributed by atoms with Crippen molar-refractivity contribution in [1.82, 2.24) is 14.7 Å². The molecule has 0 aliphatic carbocycles. The van der Waals surface area contributed by atoms with Gasteiger partial charge in [0.25, 0.3) is 0 Å². The van der Waals surface area contributed by atoms with Crippen molar-refractivity contribution in [2.45, 2.75) is 26.4 Å². The van der Waals surface area contributed by atoms with Crippen LogP contribution in [0.3, 0.4) is 0 Å². The Labute approximate surface area is 114 Å². The molecule has 1 aromatic heterocycles. The monoisotopic (exact) mass is 258 g/mol. The van der Waals surface area contributed by atoms with E-state index in [1.54, 1.807) is 0 Å². The minimum atomic E-state index is 0.822. The van der Waals surface area contributed by atoms with Crippen LogP contribution in [-0.2, 0) is 13.1 Å². The van der Waals surface area contributed by atoms with Gasteiger partial charge < -0.3 is 5.73 Å². The number of aromatic nitrogens is 2. The fourth-order valence-corrected chi connectivity index (χ4v) is 2.14. The lowest BCUT2D eigenvalue weighted by Crippen LogP contribution is -2.28. The van der Waals surface area contributed by atoms with E-state index in [9.17, 15) is 0 Å². The van der Waals surface area contributed by atoms with Gasteiger partial charge in [0, 0.05) is 31.2 Å². The summed E-state index contributed by atoms with van der Waals surface area (Å²) in [5.74, 6) is 0. The van der Waals surface area contributed by atoms with Crippen molar-refractivity contribution in [2.75, 3.05) is 18.8 Å². The normalized spacial score (nSPS) is 11.1. The summed E-state index contributed by atoms with van der Waals surface area (Å²) in [4.78, 5) is 2.45. The van der Waals surface area contributed by atoms with Crippen LogP contribution in [0.4, 0.5) is 5.69 Å². The van der Waals surface area contributed by atoms with Gasteiger partial charge in [0.2, 0.25) is 0 Å². The van der Waals surface area contributed by atoms with Gasteiger partial charge in [-0.25, -0.2) is 0 Å². The Bertz CT molecular complexity index is 461. The second kappa shape index (κ2) is 6.95. The number of benzene rings is 1. The number of anilines is 1. The third-order valence-electron chi connectivity index (χ3n) is 3.13. The Morgan fingerprint density at radius 2 is 2.00 bits per heavy atom. The molecule has 102 valence electrons. The fraction of sp³-hybridized carbons (Fsp3) is 0.400. The van der Waals surface area contributed by atoms with E-state index in [-0.39, 0.29) is 0 Å². The molecule has 0 amide bonds. The number of nitrogen functional groups attached to an aromatic ring is 1. The summed E-state index contributed by atoms with van der Waals surface area (Å²) in [5, 5.41) is 4.24. The zero-order valence-electron chi connectivity index (χ0n) is 11.5. The summed E-state index contributed by atoms with van der Waals surface area (Å²) in [6.07, 6.45) is 4.99. The zero-order valence-corrected chi connectivity index (χ0v) is 11.5. The first-order valence-corrected chi connectivity index (χ1v) is 6.82. The summed E-state index contributed by atoms with van der Waals surface area (Å²) in [6, 6.07) is 10.1. The highest BCUT2D eigenvalue weighted by atomic mass is 15.3. The topological polar surface area (TPSA) is 47.1 Å². The molecule has 0 spiro atoms. The van der Waals surface area contributed by atoms with E-state index in [1.807, 2.05) is 35.3 Å². The number of rotatable bonds is 7. The first-order valence-electron chi connectivity index (χ1n) is 6.82. The molecule has 0 unspecified atom stereocenters. The molecule has 0 fully saturated rings. The van der Waals surface area contributed by atoms with Gasteiger partial charge in [-0.05, 0) is 36.7 Å². The van der Waals surface area contributed by atoms with Crippen molar-refractivity contribution in [3.05, 3.63) is 48.3 Å². The van der Waals surface area contributed by atoms with Crippen LogP contribution in [0.15, 0.2) is 42.7 Å². The molecule has 0 radical (unpaired) electrons.